The summed E-state index contributed by atoms with van der Waals surface area (Å²) in [5.41, 5.74) is 0.842. The van der Waals surface area contributed by atoms with Gasteiger partial charge >= 0.3 is 0 Å². The van der Waals surface area contributed by atoms with Crippen molar-refractivity contribution in [2.45, 2.75) is 48.9 Å². The summed E-state index contributed by atoms with van der Waals surface area (Å²) in [4.78, 5) is 0.461. The zero-order chi connectivity index (χ0) is 22.6. The third kappa shape index (κ3) is 4.56. The summed E-state index contributed by atoms with van der Waals surface area (Å²) in [5.74, 6) is -0.732. The molecule has 32 heavy (non-hydrogen) atoms. The standard InChI is InChI=1S/C27H28O4S/c1-27(31-20-21-12-5-2-6-13-21)19-11-18-24(32(29,30)23-16-9-4-10-17-23)25(26(27)28)22-14-7-3-8-15-22/h2-10,12-18,25-26,28H,11,19-20H2,1H3/t25-,26-,27-/m1/s1. The lowest BCUT2D eigenvalue weighted by atomic mass is 9.83. The van der Waals surface area contributed by atoms with Gasteiger partial charge in [-0.2, -0.15) is 0 Å². The Morgan fingerprint density at radius 1 is 0.906 bits per heavy atom. The molecule has 0 unspecified atom stereocenters. The molecule has 0 heterocycles. The fourth-order valence-electron chi connectivity index (χ4n) is 4.28. The Kier molecular flexibility index (Phi) is 6.60. The van der Waals surface area contributed by atoms with Crippen LogP contribution >= 0.6 is 0 Å². The molecule has 4 rings (SSSR count). The molecule has 3 aromatic rings. The van der Waals surface area contributed by atoms with Crippen LogP contribution < -0.4 is 0 Å². The average Bonchev–Trinajstić information content (AvgIpc) is 2.96. The van der Waals surface area contributed by atoms with E-state index in [1.807, 2.05) is 67.6 Å². The van der Waals surface area contributed by atoms with E-state index in [1.165, 1.54) is 0 Å². The van der Waals surface area contributed by atoms with Crippen LogP contribution in [0.25, 0.3) is 0 Å². The lowest BCUT2D eigenvalue weighted by Crippen LogP contribution is -2.45. The van der Waals surface area contributed by atoms with Crippen LogP contribution in [0.3, 0.4) is 0 Å². The van der Waals surface area contributed by atoms with E-state index in [0.29, 0.717) is 19.4 Å². The van der Waals surface area contributed by atoms with Crippen LogP contribution in [0.15, 0.2) is 107 Å². The molecule has 1 N–H and O–H groups in total. The highest BCUT2D eigenvalue weighted by Crippen LogP contribution is 2.43. The maximum atomic E-state index is 13.6. The molecule has 0 spiro atoms. The van der Waals surface area contributed by atoms with Crippen molar-refractivity contribution in [1.82, 2.24) is 0 Å². The summed E-state index contributed by atoms with van der Waals surface area (Å²) in [5, 5.41) is 11.6. The van der Waals surface area contributed by atoms with Crippen LogP contribution in [-0.4, -0.2) is 25.2 Å². The lowest BCUT2D eigenvalue weighted by Gasteiger charge is -2.38. The van der Waals surface area contributed by atoms with Crippen LogP contribution in [0.4, 0.5) is 0 Å². The smallest absolute Gasteiger partial charge is 0.203 e. The normalized spacial score (nSPS) is 23.9. The van der Waals surface area contributed by atoms with Crippen molar-refractivity contribution in [2.24, 2.45) is 0 Å². The van der Waals surface area contributed by atoms with Crippen LogP contribution in [0.1, 0.15) is 36.8 Å². The van der Waals surface area contributed by atoms with Crippen molar-refractivity contribution in [1.29, 1.82) is 0 Å². The quantitative estimate of drug-likeness (QED) is 0.559. The number of rotatable bonds is 6. The largest absolute Gasteiger partial charge is 0.389 e. The van der Waals surface area contributed by atoms with E-state index < -0.39 is 27.5 Å². The molecule has 4 nitrogen and oxygen atoms in total. The predicted octanol–water partition coefficient (Wildman–Crippen LogP) is 5.26. The summed E-state index contributed by atoms with van der Waals surface area (Å²) in [6.07, 6.45) is 1.73. The summed E-state index contributed by atoms with van der Waals surface area (Å²) in [6, 6.07) is 27.5. The molecule has 1 aliphatic rings. The molecule has 0 fully saturated rings. The molecular formula is C27H28O4S. The highest BCUT2D eigenvalue weighted by Gasteiger charge is 2.45. The Morgan fingerprint density at radius 3 is 2.09 bits per heavy atom. The van der Waals surface area contributed by atoms with Crippen molar-refractivity contribution in [3.05, 3.63) is 113 Å². The van der Waals surface area contributed by atoms with E-state index >= 15 is 0 Å². The second kappa shape index (κ2) is 9.41. The van der Waals surface area contributed by atoms with Gasteiger partial charge in [-0.15, -0.1) is 0 Å². The molecule has 0 saturated heterocycles. The first-order chi connectivity index (χ1) is 15.4. The highest BCUT2D eigenvalue weighted by atomic mass is 32.2. The Labute approximate surface area is 190 Å². The maximum Gasteiger partial charge on any atom is 0.203 e. The van der Waals surface area contributed by atoms with Crippen molar-refractivity contribution < 1.29 is 18.3 Å². The van der Waals surface area contributed by atoms with Crippen LogP contribution in [0.5, 0.6) is 0 Å². The summed E-state index contributed by atoms with van der Waals surface area (Å²) in [6.45, 7) is 2.22. The Balaban J connectivity index is 1.73. The monoisotopic (exact) mass is 448 g/mol. The van der Waals surface area contributed by atoms with Gasteiger partial charge in [0, 0.05) is 5.92 Å². The molecule has 0 radical (unpaired) electrons. The Morgan fingerprint density at radius 2 is 1.47 bits per heavy atom. The molecule has 0 amide bonds. The van der Waals surface area contributed by atoms with Gasteiger partial charge in [-0.1, -0.05) is 84.9 Å². The van der Waals surface area contributed by atoms with Crippen LogP contribution in [0.2, 0.25) is 0 Å². The molecule has 3 aromatic carbocycles. The van der Waals surface area contributed by atoms with Gasteiger partial charge < -0.3 is 9.84 Å². The minimum Gasteiger partial charge on any atom is -0.389 e. The minimum atomic E-state index is -3.79. The lowest BCUT2D eigenvalue weighted by molar-refractivity contribution is -0.127. The number of ether oxygens (including phenoxy) is 1. The fourth-order valence-corrected chi connectivity index (χ4v) is 6.01. The van der Waals surface area contributed by atoms with Crippen LogP contribution in [-0.2, 0) is 21.2 Å². The van der Waals surface area contributed by atoms with Crippen LogP contribution in [0, 0.1) is 0 Å². The number of sulfone groups is 1. The van der Waals surface area contributed by atoms with Gasteiger partial charge in [0.1, 0.15) is 0 Å². The second-order valence-electron chi connectivity index (χ2n) is 8.38. The van der Waals surface area contributed by atoms with E-state index in [0.717, 1.165) is 11.1 Å². The van der Waals surface area contributed by atoms with E-state index in [-0.39, 0.29) is 9.80 Å². The van der Waals surface area contributed by atoms with Gasteiger partial charge in [0.15, 0.2) is 0 Å². The molecule has 1 aliphatic carbocycles. The van der Waals surface area contributed by atoms with Gasteiger partial charge in [0.05, 0.1) is 28.1 Å². The highest BCUT2D eigenvalue weighted by molar-refractivity contribution is 7.95. The zero-order valence-corrected chi connectivity index (χ0v) is 18.9. The topological polar surface area (TPSA) is 63.6 Å². The number of aliphatic hydroxyl groups excluding tert-OH is 1. The van der Waals surface area contributed by atoms with Gasteiger partial charge in [-0.25, -0.2) is 8.42 Å². The molecule has 0 aliphatic heterocycles. The van der Waals surface area contributed by atoms with Gasteiger partial charge in [-0.3, -0.25) is 0 Å². The Hall–Kier alpha value is -2.73. The molecule has 0 saturated carbocycles. The van der Waals surface area contributed by atoms with Crippen molar-refractivity contribution in [3.8, 4) is 0 Å². The second-order valence-corrected chi connectivity index (χ2v) is 10.3. The van der Waals surface area contributed by atoms with E-state index in [4.69, 9.17) is 4.74 Å². The first-order valence-corrected chi connectivity index (χ1v) is 12.3. The zero-order valence-electron chi connectivity index (χ0n) is 18.1. The third-order valence-corrected chi connectivity index (χ3v) is 8.10. The van der Waals surface area contributed by atoms with Crippen molar-refractivity contribution in [2.75, 3.05) is 0 Å². The van der Waals surface area contributed by atoms with E-state index in [1.54, 1.807) is 36.4 Å². The first kappa shape index (κ1) is 22.5. The number of hydrogen-bond donors (Lipinski definition) is 1. The molecule has 0 aromatic heterocycles. The number of allylic oxidation sites excluding steroid dienone is 1. The van der Waals surface area contributed by atoms with Gasteiger partial charge in [0.25, 0.3) is 0 Å². The SMILES string of the molecule is C[C@@]1(OCc2ccccc2)CCC=C(S(=O)(=O)c2ccccc2)[C@@H](c2ccccc2)[C@H]1O. The fraction of sp³-hybridized carbons (Fsp3) is 0.259. The van der Waals surface area contributed by atoms with Crippen molar-refractivity contribution >= 4 is 9.84 Å². The molecule has 166 valence electrons. The molecular weight excluding hydrogens is 420 g/mol. The molecule has 5 heteroatoms. The number of hydrogen-bond acceptors (Lipinski definition) is 4. The first-order valence-electron chi connectivity index (χ1n) is 10.8. The van der Waals surface area contributed by atoms with E-state index in [2.05, 4.69) is 0 Å². The summed E-state index contributed by atoms with van der Waals surface area (Å²) >= 11 is 0. The number of benzene rings is 3. The van der Waals surface area contributed by atoms with Gasteiger partial charge in [-0.05, 0) is 43.0 Å². The minimum absolute atomic E-state index is 0.230. The van der Waals surface area contributed by atoms with E-state index in [9.17, 15) is 13.5 Å². The maximum absolute atomic E-state index is 13.6. The molecule has 3 atom stereocenters. The summed E-state index contributed by atoms with van der Waals surface area (Å²) in [7, 11) is -3.79. The molecule has 0 bridgehead atoms. The van der Waals surface area contributed by atoms with Gasteiger partial charge in [0.2, 0.25) is 9.84 Å². The average molecular weight is 449 g/mol. The van der Waals surface area contributed by atoms with Crippen molar-refractivity contribution in [3.63, 3.8) is 0 Å². The predicted molar refractivity (Wildman–Crippen MR) is 126 cm³/mol. The number of aliphatic hydroxyl groups is 1. The summed E-state index contributed by atoms with van der Waals surface area (Å²) < 4.78 is 33.6. The Bertz CT molecular complexity index is 1160. The third-order valence-electron chi connectivity index (χ3n) is 6.17.